The summed E-state index contributed by atoms with van der Waals surface area (Å²) in [6.07, 6.45) is 1.87. The zero-order valence-corrected chi connectivity index (χ0v) is 10.1. The zero-order valence-electron chi connectivity index (χ0n) is 10.1. The molecule has 0 aliphatic heterocycles. The lowest BCUT2D eigenvalue weighted by Gasteiger charge is -2.06. The maximum absolute atomic E-state index is 4.40. The molecule has 0 unspecified atom stereocenters. The highest BCUT2D eigenvalue weighted by Crippen LogP contribution is 2.06. The SMILES string of the molecule is CN=C(Cc1ccccc1)Cc1ccccc1. The van der Waals surface area contributed by atoms with Crippen LogP contribution in [0.1, 0.15) is 11.1 Å². The van der Waals surface area contributed by atoms with E-state index in [4.69, 9.17) is 0 Å². The van der Waals surface area contributed by atoms with E-state index in [9.17, 15) is 0 Å². The molecule has 0 bridgehead atoms. The van der Waals surface area contributed by atoms with Gasteiger partial charge in [0.25, 0.3) is 0 Å². The number of nitrogens with zero attached hydrogens (tertiary/aromatic N) is 1. The Balaban J connectivity index is 2.04. The zero-order chi connectivity index (χ0) is 11.9. The predicted molar refractivity (Wildman–Crippen MR) is 73.7 cm³/mol. The van der Waals surface area contributed by atoms with Crippen LogP contribution in [0.5, 0.6) is 0 Å². The van der Waals surface area contributed by atoms with Crippen LogP contribution in [0.25, 0.3) is 0 Å². The van der Waals surface area contributed by atoms with E-state index in [-0.39, 0.29) is 0 Å². The van der Waals surface area contributed by atoms with Crippen molar-refractivity contribution in [2.45, 2.75) is 12.8 Å². The Morgan fingerprint density at radius 2 is 1.18 bits per heavy atom. The molecule has 0 heterocycles. The summed E-state index contributed by atoms with van der Waals surface area (Å²) in [6.45, 7) is 0. The van der Waals surface area contributed by atoms with E-state index in [0.717, 1.165) is 12.8 Å². The lowest BCUT2D eigenvalue weighted by Crippen LogP contribution is -2.07. The Morgan fingerprint density at radius 3 is 1.53 bits per heavy atom. The van der Waals surface area contributed by atoms with Crippen molar-refractivity contribution >= 4 is 5.71 Å². The van der Waals surface area contributed by atoms with Crippen molar-refractivity contribution in [3.05, 3.63) is 71.8 Å². The smallest absolute Gasteiger partial charge is 0.0276 e. The van der Waals surface area contributed by atoms with Crippen LogP contribution in [-0.4, -0.2) is 12.8 Å². The van der Waals surface area contributed by atoms with Crippen LogP contribution < -0.4 is 0 Å². The quantitative estimate of drug-likeness (QED) is 0.703. The van der Waals surface area contributed by atoms with Crippen LogP contribution in [0.2, 0.25) is 0 Å². The van der Waals surface area contributed by atoms with Crippen molar-refractivity contribution in [2.24, 2.45) is 4.99 Å². The third-order valence-corrected chi connectivity index (χ3v) is 2.82. The number of hydrogen-bond acceptors (Lipinski definition) is 1. The summed E-state index contributed by atoms with van der Waals surface area (Å²) in [5.74, 6) is 0. The third-order valence-electron chi connectivity index (χ3n) is 2.82. The van der Waals surface area contributed by atoms with E-state index in [1.165, 1.54) is 16.8 Å². The molecule has 0 aliphatic carbocycles. The van der Waals surface area contributed by atoms with Gasteiger partial charge in [0, 0.05) is 25.6 Å². The van der Waals surface area contributed by atoms with Crippen LogP contribution >= 0.6 is 0 Å². The maximum atomic E-state index is 4.40. The molecular weight excluding hydrogens is 206 g/mol. The van der Waals surface area contributed by atoms with Gasteiger partial charge in [-0.2, -0.15) is 0 Å². The molecule has 0 aliphatic rings. The average molecular weight is 223 g/mol. The van der Waals surface area contributed by atoms with Crippen LogP contribution in [0, 0.1) is 0 Å². The minimum absolute atomic E-state index is 0.937. The second-order valence-corrected chi connectivity index (χ2v) is 4.11. The Bertz CT molecular complexity index is 428. The van der Waals surface area contributed by atoms with Gasteiger partial charge in [-0.15, -0.1) is 0 Å². The fourth-order valence-electron chi connectivity index (χ4n) is 1.88. The summed E-state index contributed by atoms with van der Waals surface area (Å²) in [5, 5.41) is 0. The van der Waals surface area contributed by atoms with Crippen molar-refractivity contribution in [2.75, 3.05) is 7.05 Å². The van der Waals surface area contributed by atoms with Crippen LogP contribution in [-0.2, 0) is 12.8 Å². The van der Waals surface area contributed by atoms with Crippen molar-refractivity contribution in [3.8, 4) is 0 Å². The molecule has 17 heavy (non-hydrogen) atoms. The van der Waals surface area contributed by atoms with Gasteiger partial charge in [0.15, 0.2) is 0 Å². The van der Waals surface area contributed by atoms with Gasteiger partial charge >= 0.3 is 0 Å². The molecule has 2 aromatic rings. The summed E-state index contributed by atoms with van der Waals surface area (Å²) in [7, 11) is 1.88. The normalized spacial score (nSPS) is 9.94. The Hall–Kier alpha value is -1.89. The summed E-state index contributed by atoms with van der Waals surface area (Å²) in [4.78, 5) is 4.40. The minimum Gasteiger partial charge on any atom is -0.297 e. The molecule has 0 radical (unpaired) electrons. The van der Waals surface area contributed by atoms with Crippen molar-refractivity contribution in [1.82, 2.24) is 0 Å². The lowest BCUT2D eigenvalue weighted by molar-refractivity contribution is 1.18. The fourth-order valence-corrected chi connectivity index (χ4v) is 1.88. The molecule has 0 spiro atoms. The predicted octanol–water partition coefficient (Wildman–Crippen LogP) is 3.54. The van der Waals surface area contributed by atoms with Crippen molar-refractivity contribution in [1.29, 1.82) is 0 Å². The van der Waals surface area contributed by atoms with Crippen molar-refractivity contribution in [3.63, 3.8) is 0 Å². The number of hydrogen-bond donors (Lipinski definition) is 0. The molecule has 0 aromatic heterocycles. The maximum Gasteiger partial charge on any atom is 0.0276 e. The first-order chi connectivity index (χ1) is 8.38. The van der Waals surface area contributed by atoms with Gasteiger partial charge < -0.3 is 0 Å². The largest absolute Gasteiger partial charge is 0.297 e. The van der Waals surface area contributed by atoms with Crippen LogP contribution in [0.15, 0.2) is 65.7 Å². The molecule has 0 saturated heterocycles. The molecule has 2 aromatic carbocycles. The Kier molecular flexibility index (Phi) is 4.09. The molecule has 0 saturated carbocycles. The molecule has 0 amide bonds. The molecule has 0 fully saturated rings. The van der Waals surface area contributed by atoms with E-state index in [0.29, 0.717) is 0 Å². The number of benzene rings is 2. The highest BCUT2D eigenvalue weighted by Gasteiger charge is 2.02. The third kappa shape index (κ3) is 3.56. The van der Waals surface area contributed by atoms with Gasteiger partial charge in [-0.1, -0.05) is 60.7 Å². The Labute approximate surface area is 103 Å². The molecule has 2 rings (SSSR count). The van der Waals surface area contributed by atoms with E-state index < -0.39 is 0 Å². The molecule has 0 N–H and O–H groups in total. The second-order valence-electron chi connectivity index (χ2n) is 4.11. The molecule has 86 valence electrons. The lowest BCUT2D eigenvalue weighted by atomic mass is 10.0. The molecular formula is C16H17N. The van der Waals surface area contributed by atoms with Gasteiger partial charge in [0.1, 0.15) is 0 Å². The van der Waals surface area contributed by atoms with Gasteiger partial charge in [0.05, 0.1) is 0 Å². The standard InChI is InChI=1S/C16H17N/c1-17-16(12-14-8-4-2-5-9-14)13-15-10-6-3-7-11-15/h2-11H,12-13H2,1H3. The van der Waals surface area contributed by atoms with Gasteiger partial charge in [0.2, 0.25) is 0 Å². The summed E-state index contributed by atoms with van der Waals surface area (Å²) in [6, 6.07) is 21.0. The average Bonchev–Trinajstić information content (AvgIpc) is 2.40. The van der Waals surface area contributed by atoms with Gasteiger partial charge in [-0.3, -0.25) is 4.99 Å². The first-order valence-electron chi connectivity index (χ1n) is 5.91. The van der Waals surface area contributed by atoms with E-state index in [1.807, 2.05) is 19.2 Å². The minimum atomic E-state index is 0.937. The molecule has 1 nitrogen and oxygen atoms in total. The fraction of sp³-hybridized carbons (Fsp3) is 0.188. The molecule has 0 atom stereocenters. The molecule has 1 heteroatoms. The highest BCUT2D eigenvalue weighted by atomic mass is 14.7. The Morgan fingerprint density at radius 1 is 0.765 bits per heavy atom. The monoisotopic (exact) mass is 223 g/mol. The van der Waals surface area contributed by atoms with Gasteiger partial charge in [-0.05, 0) is 11.1 Å². The number of aliphatic imine (C=N–C) groups is 1. The summed E-state index contributed by atoms with van der Waals surface area (Å²) < 4.78 is 0. The van der Waals surface area contributed by atoms with Crippen molar-refractivity contribution < 1.29 is 0 Å². The highest BCUT2D eigenvalue weighted by molar-refractivity contribution is 5.88. The van der Waals surface area contributed by atoms with Crippen LogP contribution in [0.4, 0.5) is 0 Å². The van der Waals surface area contributed by atoms with E-state index >= 15 is 0 Å². The van der Waals surface area contributed by atoms with E-state index in [1.54, 1.807) is 0 Å². The van der Waals surface area contributed by atoms with E-state index in [2.05, 4.69) is 53.5 Å². The second kappa shape index (κ2) is 6.00. The summed E-state index contributed by atoms with van der Waals surface area (Å²) in [5.41, 5.74) is 3.87. The van der Waals surface area contributed by atoms with Crippen LogP contribution in [0.3, 0.4) is 0 Å². The first-order valence-corrected chi connectivity index (χ1v) is 5.91. The first kappa shape index (κ1) is 11.6. The number of rotatable bonds is 4. The topological polar surface area (TPSA) is 12.4 Å². The summed E-state index contributed by atoms with van der Waals surface area (Å²) >= 11 is 0. The van der Waals surface area contributed by atoms with Gasteiger partial charge in [-0.25, -0.2) is 0 Å².